The molecular formula is C19H34O2. The van der Waals surface area contributed by atoms with Crippen LogP contribution < -0.4 is 0 Å². The first-order chi connectivity index (χ1) is 9.88. The third-order valence-corrected chi connectivity index (χ3v) is 6.33. The number of ether oxygens (including phenoxy) is 1. The maximum absolute atomic E-state index is 12.7. The second kappa shape index (κ2) is 6.30. The lowest BCUT2D eigenvalue weighted by Gasteiger charge is -2.43. The summed E-state index contributed by atoms with van der Waals surface area (Å²) in [6.45, 7) is 10.6. The van der Waals surface area contributed by atoms with Crippen molar-refractivity contribution in [3.05, 3.63) is 0 Å². The maximum Gasteiger partial charge on any atom is 0.312 e. The Morgan fingerprint density at radius 3 is 2.19 bits per heavy atom. The molecule has 2 aliphatic carbocycles. The second-order valence-corrected chi connectivity index (χ2v) is 8.08. The average Bonchev–Trinajstić information content (AvgIpc) is 3.07. The average molecular weight is 294 g/mol. The fraction of sp³-hybridized carbons (Fsp3) is 0.947. The number of rotatable bonds is 7. The van der Waals surface area contributed by atoms with Gasteiger partial charge in [0.1, 0.15) is 5.60 Å². The van der Waals surface area contributed by atoms with Crippen LogP contribution >= 0.6 is 0 Å². The quantitative estimate of drug-likeness (QED) is 0.591. The van der Waals surface area contributed by atoms with Gasteiger partial charge in [-0.2, -0.15) is 0 Å². The van der Waals surface area contributed by atoms with E-state index in [9.17, 15) is 4.79 Å². The van der Waals surface area contributed by atoms with Crippen molar-refractivity contribution < 1.29 is 9.53 Å². The molecule has 0 radical (unpaired) electrons. The Kier molecular flexibility index (Phi) is 5.05. The van der Waals surface area contributed by atoms with Crippen molar-refractivity contribution in [2.75, 3.05) is 0 Å². The molecule has 2 heteroatoms. The smallest absolute Gasteiger partial charge is 0.312 e. The third-order valence-electron chi connectivity index (χ3n) is 6.33. The Morgan fingerprint density at radius 1 is 1.10 bits per heavy atom. The number of esters is 1. The molecule has 0 aromatic heterocycles. The van der Waals surface area contributed by atoms with E-state index in [-0.39, 0.29) is 17.0 Å². The lowest BCUT2D eigenvalue weighted by atomic mass is 9.73. The fourth-order valence-corrected chi connectivity index (χ4v) is 4.93. The van der Waals surface area contributed by atoms with E-state index in [1.54, 1.807) is 0 Å². The van der Waals surface area contributed by atoms with Gasteiger partial charge in [0.05, 0.1) is 5.41 Å². The van der Waals surface area contributed by atoms with Gasteiger partial charge in [0.2, 0.25) is 0 Å². The van der Waals surface area contributed by atoms with Gasteiger partial charge in [-0.05, 0) is 64.2 Å². The predicted molar refractivity (Wildman–Crippen MR) is 87.0 cm³/mol. The maximum atomic E-state index is 12.7. The molecule has 0 amide bonds. The van der Waals surface area contributed by atoms with E-state index in [1.807, 2.05) is 13.8 Å². The summed E-state index contributed by atoms with van der Waals surface area (Å²) in [4.78, 5) is 12.7. The van der Waals surface area contributed by atoms with Crippen LogP contribution in [0.25, 0.3) is 0 Å². The minimum Gasteiger partial charge on any atom is -0.458 e. The Morgan fingerprint density at radius 2 is 1.76 bits per heavy atom. The van der Waals surface area contributed by atoms with E-state index in [0.717, 1.165) is 37.5 Å². The summed E-state index contributed by atoms with van der Waals surface area (Å²) < 4.78 is 6.25. The first-order valence-electron chi connectivity index (χ1n) is 9.12. The molecule has 122 valence electrons. The van der Waals surface area contributed by atoms with Crippen molar-refractivity contribution in [2.45, 2.75) is 91.6 Å². The monoisotopic (exact) mass is 294 g/mol. The Balaban J connectivity index is 2.13. The summed E-state index contributed by atoms with van der Waals surface area (Å²) in [5, 5.41) is 0. The molecule has 3 unspecified atom stereocenters. The van der Waals surface area contributed by atoms with Crippen molar-refractivity contribution in [3.8, 4) is 0 Å². The number of hydrogen-bond acceptors (Lipinski definition) is 2. The summed E-state index contributed by atoms with van der Waals surface area (Å²) in [5.41, 5.74) is -0.552. The van der Waals surface area contributed by atoms with Gasteiger partial charge in [-0.1, -0.05) is 33.6 Å². The zero-order valence-corrected chi connectivity index (χ0v) is 14.7. The van der Waals surface area contributed by atoms with Gasteiger partial charge in [0, 0.05) is 5.92 Å². The van der Waals surface area contributed by atoms with E-state index in [2.05, 4.69) is 20.8 Å². The largest absolute Gasteiger partial charge is 0.458 e. The topological polar surface area (TPSA) is 26.3 Å². The number of carbonyl (C=O) groups excluding carboxylic acids is 1. The molecular weight excluding hydrogens is 260 g/mol. The highest BCUT2D eigenvalue weighted by Gasteiger charge is 2.51. The summed E-state index contributed by atoms with van der Waals surface area (Å²) in [7, 11) is 0. The van der Waals surface area contributed by atoms with Gasteiger partial charge in [0.15, 0.2) is 0 Å². The molecule has 2 aliphatic rings. The molecule has 21 heavy (non-hydrogen) atoms. The molecule has 2 bridgehead atoms. The van der Waals surface area contributed by atoms with Gasteiger partial charge < -0.3 is 4.74 Å². The Labute approximate surface area is 131 Å². The molecule has 0 N–H and O–H groups in total. The van der Waals surface area contributed by atoms with Crippen molar-refractivity contribution in [3.63, 3.8) is 0 Å². The second-order valence-electron chi connectivity index (χ2n) is 8.08. The Hall–Kier alpha value is -0.530. The highest BCUT2D eigenvalue weighted by atomic mass is 16.6. The first-order valence-corrected chi connectivity index (χ1v) is 9.12. The highest BCUT2D eigenvalue weighted by Crippen LogP contribution is 2.55. The minimum atomic E-state index is -0.345. The van der Waals surface area contributed by atoms with Crippen LogP contribution in [-0.4, -0.2) is 11.6 Å². The number of hydrogen-bond donors (Lipinski definition) is 0. The van der Waals surface area contributed by atoms with Gasteiger partial charge in [-0.15, -0.1) is 0 Å². The molecule has 3 atom stereocenters. The molecule has 0 aliphatic heterocycles. The van der Waals surface area contributed by atoms with Crippen LogP contribution in [0.1, 0.15) is 86.0 Å². The van der Waals surface area contributed by atoms with Crippen LogP contribution in [0.2, 0.25) is 0 Å². The molecule has 0 saturated heterocycles. The lowest BCUT2D eigenvalue weighted by Crippen LogP contribution is -2.46. The van der Waals surface area contributed by atoms with Crippen LogP contribution in [0.15, 0.2) is 0 Å². The number of carbonyl (C=O) groups is 1. The van der Waals surface area contributed by atoms with E-state index >= 15 is 0 Å². The predicted octanol–water partition coefficient (Wildman–Crippen LogP) is 5.35. The molecule has 2 nitrogen and oxygen atoms in total. The van der Waals surface area contributed by atoms with Crippen molar-refractivity contribution in [2.24, 2.45) is 23.2 Å². The molecule has 0 aromatic carbocycles. The van der Waals surface area contributed by atoms with Crippen LogP contribution in [0.5, 0.6) is 0 Å². The molecule has 0 heterocycles. The number of fused-ring (bicyclic) bond motifs is 2. The molecule has 0 aromatic rings. The normalized spacial score (nSPS) is 28.9. The van der Waals surface area contributed by atoms with E-state index < -0.39 is 0 Å². The van der Waals surface area contributed by atoms with Gasteiger partial charge in [0.25, 0.3) is 0 Å². The molecule has 2 saturated carbocycles. The van der Waals surface area contributed by atoms with E-state index in [1.165, 1.54) is 25.7 Å². The summed E-state index contributed by atoms with van der Waals surface area (Å²) in [6, 6.07) is 0. The van der Waals surface area contributed by atoms with Gasteiger partial charge in [-0.25, -0.2) is 0 Å². The van der Waals surface area contributed by atoms with Crippen LogP contribution in [0.4, 0.5) is 0 Å². The van der Waals surface area contributed by atoms with Crippen molar-refractivity contribution >= 4 is 5.97 Å². The van der Waals surface area contributed by atoms with Crippen LogP contribution in [-0.2, 0) is 9.53 Å². The zero-order valence-electron chi connectivity index (χ0n) is 14.7. The van der Waals surface area contributed by atoms with E-state index in [4.69, 9.17) is 4.74 Å². The molecule has 0 spiro atoms. The highest BCUT2D eigenvalue weighted by molar-refractivity contribution is 5.76. The molecule has 2 rings (SSSR count). The standard InChI is InChI=1S/C19H34O2/c1-6-11-18(4,5)17(20)21-19(7-2,8-3)16-13-14-9-10-15(16)12-14/h14-16H,6-13H2,1-5H3. The van der Waals surface area contributed by atoms with Gasteiger partial charge >= 0.3 is 5.97 Å². The zero-order chi connectivity index (χ0) is 15.7. The fourth-order valence-electron chi connectivity index (χ4n) is 4.93. The Bertz CT molecular complexity index is 368. The summed E-state index contributed by atoms with van der Waals surface area (Å²) in [6.07, 6.45) is 9.29. The van der Waals surface area contributed by atoms with Crippen LogP contribution in [0, 0.1) is 23.2 Å². The third kappa shape index (κ3) is 3.14. The first kappa shape index (κ1) is 16.8. The van der Waals surface area contributed by atoms with Crippen molar-refractivity contribution in [1.29, 1.82) is 0 Å². The van der Waals surface area contributed by atoms with Crippen LogP contribution in [0.3, 0.4) is 0 Å². The summed E-state index contributed by atoms with van der Waals surface area (Å²) >= 11 is 0. The molecule has 2 fully saturated rings. The van der Waals surface area contributed by atoms with E-state index in [0.29, 0.717) is 5.92 Å². The summed E-state index contributed by atoms with van der Waals surface area (Å²) in [5.74, 6) is 2.33. The van der Waals surface area contributed by atoms with Gasteiger partial charge in [-0.3, -0.25) is 4.79 Å². The minimum absolute atomic E-state index is 0.0239. The SMILES string of the molecule is CCCC(C)(C)C(=O)OC(CC)(CC)C1CC2CCC1C2. The lowest BCUT2D eigenvalue weighted by molar-refractivity contribution is -0.181. The van der Waals surface area contributed by atoms with Crippen molar-refractivity contribution in [1.82, 2.24) is 0 Å².